The standard InChI is InChI=1S/C21H27NO4/c1-13-11-20(25-10-9-14(2)26-17(5)24)22-16(4)21(13)19-8-6-7-18(12-23)15(19)3/h6-8,11,14,23H,9-10,12H2,1-5H3/t14-/m0/s1. The molecule has 0 saturated heterocycles. The van der Waals surface area contributed by atoms with Gasteiger partial charge >= 0.3 is 5.97 Å². The predicted octanol–water partition coefficient (Wildman–Crippen LogP) is 3.89. The van der Waals surface area contributed by atoms with Crippen LogP contribution in [0.2, 0.25) is 0 Å². The summed E-state index contributed by atoms with van der Waals surface area (Å²) in [7, 11) is 0. The van der Waals surface area contributed by atoms with Crippen molar-refractivity contribution >= 4 is 5.97 Å². The summed E-state index contributed by atoms with van der Waals surface area (Å²) >= 11 is 0. The number of aromatic nitrogens is 1. The van der Waals surface area contributed by atoms with Gasteiger partial charge in [0.1, 0.15) is 6.10 Å². The lowest BCUT2D eigenvalue weighted by atomic mass is 9.93. The molecule has 0 aliphatic heterocycles. The SMILES string of the molecule is CC(=O)O[C@@H](C)CCOc1cc(C)c(-c2cccc(CO)c2C)c(C)n1. The van der Waals surface area contributed by atoms with Crippen LogP contribution in [0.4, 0.5) is 0 Å². The Balaban J connectivity index is 2.17. The van der Waals surface area contributed by atoms with Crippen molar-refractivity contribution in [1.29, 1.82) is 0 Å². The first-order chi connectivity index (χ1) is 12.3. The van der Waals surface area contributed by atoms with Crippen molar-refractivity contribution in [2.45, 2.75) is 53.8 Å². The number of carbonyl (C=O) groups excluding carboxylic acids is 1. The first-order valence-electron chi connectivity index (χ1n) is 8.81. The second-order valence-corrected chi connectivity index (χ2v) is 6.54. The monoisotopic (exact) mass is 357 g/mol. The van der Waals surface area contributed by atoms with E-state index in [4.69, 9.17) is 9.47 Å². The number of hydrogen-bond acceptors (Lipinski definition) is 5. The lowest BCUT2D eigenvalue weighted by molar-refractivity contribution is -0.145. The van der Waals surface area contributed by atoms with Gasteiger partial charge in [-0.3, -0.25) is 4.79 Å². The highest BCUT2D eigenvalue weighted by molar-refractivity contribution is 5.73. The number of esters is 1. The van der Waals surface area contributed by atoms with Gasteiger partial charge in [-0.05, 0) is 49.9 Å². The van der Waals surface area contributed by atoms with Crippen LogP contribution in [0, 0.1) is 20.8 Å². The Hall–Kier alpha value is -2.40. The fourth-order valence-corrected chi connectivity index (χ4v) is 3.07. The summed E-state index contributed by atoms with van der Waals surface area (Å²) in [5.41, 5.74) is 6.07. The maximum Gasteiger partial charge on any atom is 0.302 e. The lowest BCUT2D eigenvalue weighted by Gasteiger charge is -2.17. The molecular formula is C21H27NO4. The van der Waals surface area contributed by atoms with Gasteiger partial charge in [0.15, 0.2) is 0 Å². The summed E-state index contributed by atoms with van der Waals surface area (Å²) in [6, 6.07) is 7.85. The van der Waals surface area contributed by atoms with Gasteiger partial charge in [-0.15, -0.1) is 0 Å². The summed E-state index contributed by atoms with van der Waals surface area (Å²) in [4.78, 5) is 15.5. The Kier molecular flexibility index (Phi) is 6.75. The van der Waals surface area contributed by atoms with Crippen molar-refractivity contribution in [2.24, 2.45) is 0 Å². The maximum atomic E-state index is 10.9. The molecule has 0 saturated carbocycles. The average molecular weight is 357 g/mol. The molecule has 1 heterocycles. The van der Waals surface area contributed by atoms with Crippen LogP contribution in [-0.4, -0.2) is 28.8 Å². The van der Waals surface area contributed by atoms with Crippen LogP contribution < -0.4 is 4.74 Å². The molecule has 0 aliphatic carbocycles. The third kappa shape index (κ3) is 4.82. The highest BCUT2D eigenvalue weighted by Gasteiger charge is 2.14. The van der Waals surface area contributed by atoms with Crippen LogP contribution in [0.1, 0.15) is 42.7 Å². The molecule has 1 aromatic carbocycles. The number of rotatable bonds is 7. The second-order valence-electron chi connectivity index (χ2n) is 6.54. The van der Waals surface area contributed by atoms with E-state index in [0.29, 0.717) is 18.9 Å². The third-order valence-electron chi connectivity index (χ3n) is 4.40. The fraction of sp³-hybridized carbons (Fsp3) is 0.429. The van der Waals surface area contributed by atoms with Crippen LogP contribution in [-0.2, 0) is 16.1 Å². The minimum Gasteiger partial charge on any atom is -0.478 e. The zero-order chi connectivity index (χ0) is 19.3. The smallest absolute Gasteiger partial charge is 0.302 e. The molecule has 0 unspecified atom stereocenters. The van der Waals surface area contributed by atoms with Crippen LogP contribution in [0.15, 0.2) is 24.3 Å². The van der Waals surface area contributed by atoms with E-state index in [9.17, 15) is 9.90 Å². The Labute approximate surface area is 155 Å². The molecule has 140 valence electrons. The molecule has 2 aromatic rings. The summed E-state index contributed by atoms with van der Waals surface area (Å²) < 4.78 is 10.8. The minimum atomic E-state index is -0.285. The molecule has 0 fully saturated rings. The molecule has 5 nitrogen and oxygen atoms in total. The van der Waals surface area contributed by atoms with Crippen molar-refractivity contribution in [3.05, 3.63) is 46.6 Å². The zero-order valence-corrected chi connectivity index (χ0v) is 16.1. The summed E-state index contributed by atoms with van der Waals surface area (Å²) in [5, 5.41) is 9.50. The highest BCUT2D eigenvalue weighted by atomic mass is 16.5. The molecule has 1 aromatic heterocycles. The van der Waals surface area contributed by atoms with Crippen LogP contribution in [0.3, 0.4) is 0 Å². The number of aliphatic hydroxyl groups is 1. The van der Waals surface area contributed by atoms with E-state index in [1.165, 1.54) is 6.92 Å². The molecule has 0 bridgehead atoms. The number of carbonyl (C=O) groups is 1. The van der Waals surface area contributed by atoms with Gasteiger partial charge < -0.3 is 14.6 Å². The van der Waals surface area contributed by atoms with Gasteiger partial charge in [0.2, 0.25) is 5.88 Å². The van der Waals surface area contributed by atoms with Crippen molar-refractivity contribution in [3.63, 3.8) is 0 Å². The largest absolute Gasteiger partial charge is 0.478 e. The quantitative estimate of drug-likeness (QED) is 0.762. The number of aliphatic hydroxyl groups excluding tert-OH is 1. The summed E-state index contributed by atoms with van der Waals surface area (Å²) in [6.07, 6.45) is 0.427. The van der Waals surface area contributed by atoms with E-state index in [1.54, 1.807) is 0 Å². The van der Waals surface area contributed by atoms with Gasteiger partial charge in [0, 0.05) is 30.7 Å². The van der Waals surface area contributed by atoms with E-state index in [0.717, 1.165) is 33.5 Å². The molecule has 2 rings (SSSR count). The van der Waals surface area contributed by atoms with E-state index < -0.39 is 0 Å². The van der Waals surface area contributed by atoms with Gasteiger partial charge in [-0.1, -0.05) is 18.2 Å². The molecule has 26 heavy (non-hydrogen) atoms. The Morgan fingerprint density at radius 2 is 2.00 bits per heavy atom. The molecule has 1 N–H and O–H groups in total. The first-order valence-corrected chi connectivity index (χ1v) is 8.81. The predicted molar refractivity (Wildman–Crippen MR) is 101 cm³/mol. The normalized spacial score (nSPS) is 11.9. The van der Waals surface area contributed by atoms with E-state index >= 15 is 0 Å². The molecule has 0 radical (unpaired) electrons. The average Bonchev–Trinajstić information content (AvgIpc) is 2.55. The zero-order valence-electron chi connectivity index (χ0n) is 16.1. The van der Waals surface area contributed by atoms with Gasteiger partial charge in [-0.2, -0.15) is 0 Å². The number of aryl methyl sites for hydroxylation is 2. The highest BCUT2D eigenvalue weighted by Crippen LogP contribution is 2.32. The molecule has 0 aliphatic rings. The van der Waals surface area contributed by atoms with Crippen molar-refractivity contribution in [1.82, 2.24) is 4.98 Å². The number of ether oxygens (including phenoxy) is 2. The second kappa shape index (κ2) is 8.81. The van der Waals surface area contributed by atoms with Gasteiger partial charge in [0.25, 0.3) is 0 Å². The molecule has 0 amide bonds. The fourth-order valence-electron chi connectivity index (χ4n) is 3.07. The number of pyridine rings is 1. The Morgan fingerprint density at radius 1 is 1.27 bits per heavy atom. The van der Waals surface area contributed by atoms with Gasteiger partial charge in [-0.25, -0.2) is 4.98 Å². The third-order valence-corrected chi connectivity index (χ3v) is 4.40. The number of hydrogen-bond donors (Lipinski definition) is 1. The van der Waals surface area contributed by atoms with Crippen LogP contribution >= 0.6 is 0 Å². The van der Waals surface area contributed by atoms with Gasteiger partial charge in [0.05, 0.1) is 13.2 Å². The topological polar surface area (TPSA) is 68.7 Å². The van der Waals surface area contributed by atoms with E-state index in [2.05, 4.69) is 4.98 Å². The first kappa shape index (κ1) is 19.9. The molecular weight excluding hydrogens is 330 g/mol. The number of nitrogens with zero attached hydrogens (tertiary/aromatic N) is 1. The Bertz CT molecular complexity index is 763. The van der Waals surface area contributed by atoms with Crippen LogP contribution in [0.5, 0.6) is 5.88 Å². The van der Waals surface area contributed by atoms with Crippen molar-refractivity contribution in [2.75, 3.05) is 6.61 Å². The molecule has 1 atom stereocenters. The van der Waals surface area contributed by atoms with Crippen molar-refractivity contribution < 1.29 is 19.4 Å². The lowest BCUT2D eigenvalue weighted by Crippen LogP contribution is -2.16. The minimum absolute atomic E-state index is 0.0207. The van der Waals surface area contributed by atoms with E-state index in [-0.39, 0.29) is 18.7 Å². The van der Waals surface area contributed by atoms with E-state index in [1.807, 2.05) is 52.0 Å². The Morgan fingerprint density at radius 3 is 2.62 bits per heavy atom. The number of benzene rings is 1. The summed E-state index contributed by atoms with van der Waals surface area (Å²) in [5.74, 6) is 0.280. The molecule has 0 spiro atoms. The maximum absolute atomic E-state index is 10.9. The molecule has 5 heteroatoms. The summed E-state index contributed by atoms with van der Waals surface area (Å²) in [6.45, 7) is 9.70. The van der Waals surface area contributed by atoms with Crippen LogP contribution in [0.25, 0.3) is 11.1 Å². The van der Waals surface area contributed by atoms with Crippen molar-refractivity contribution in [3.8, 4) is 17.0 Å².